The first kappa shape index (κ1) is 24.4. The van der Waals surface area contributed by atoms with E-state index in [1.807, 2.05) is 23.1 Å². The van der Waals surface area contributed by atoms with Gasteiger partial charge < -0.3 is 20.9 Å². The largest absolute Gasteiger partial charge is 0.354 e. The number of carbonyl (C=O) groups excluding carboxylic acids is 2. The molecule has 1 saturated carbocycles. The van der Waals surface area contributed by atoms with Crippen molar-refractivity contribution in [2.45, 2.75) is 44.6 Å². The van der Waals surface area contributed by atoms with Gasteiger partial charge in [-0.2, -0.15) is 0 Å². The van der Waals surface area contributed by atoms with E-state index < -0.39 is 0 Å². The number of amides is 2. The highest BCUT2D eigenvalue weighted by atomic mass is 127. The van der Waals surface area contributed by atoms with Crippen LogP contribution in [0.2, 0.25) is 0 Å². The summed E-state index contributed by atoms with van der Waals surface area (Å²) in [7, 11) is 1.69. The summed E-state index contributed by atoms with van der Waals surface area (Å²) in [5, 5.41) is 9.33. The molecule has 1 atom stereocenters. The molecule has 3 N–H and O–H groups in total. The van der Waals surface area contributed by atoms with Gasteiger partial charge in [-0.05, 0) is 31.2 Å². The number of nitrogens with zero attached hydrogens (tertiary/aromatic N) is 2. The van der Waals surface area contributed by atoms with Crippen LogP contribution in [0.4, 0.5) is 0 Å². The van der Waals surface area contributed by atoms with E-state index in [1.165, 1.54) is 18.4 Å². The summed E-state index contributed by atoms with van der Waals surface area (Å²) < 4.78 is 0. The molecule has 1 heterocycles. The first-order chi connectivity index (χ1) is 14.2. The van der Waals surface area contributed by atoms with Gasteiger partial charge in [0, 0.05) is 38.6 Å². The lowest BCUT2D eigenvalue weighted by Crippen LogP contribution is -2.48. The minimum Gasteiger partial charge on any atom is -0.354 e. The van der Waals surface area contributed by atoms with Crippen molar-refractivity contribution in [2.75, 3.05) is 33.2 Å². The summed E-state index contributed by atoms with van der Waals surface area (Å²) in [6.45, 7) is 2.28. The lowest BCUT2D eigenvalue weighted by molar-refractivity contribution is -0.134. The van der Waals surface area contributed by atoms with Gasteiger partial charge in [-0.25, -0.2) is 0 Å². The molecule has 7 nitrogen and oxygen atoms in total. The third-order valence-electron chi connectivity index (χ3n) is 5.76. The van der Waals surface area contributed by atoms with Crippen LogP contribution in [0.15, 0.2) is 35.3 Å². The summed E-state index contributed by atoms with van der Waals surface area (Å²) in [6.07, 6.45) is 6.15. The van der Waals surface area contributed by atoms with Crippen LogP contribution in [0.5, 0.6) is 0 Å². The number of rotatable bonds is 7. The van der Waals surface area contributed by atoms with E-state index >= 15 is 0 Å². The molecular formula is C22H34IN5O2. The van der Waals surface area contributed by atoms with Crippen LogP contribution >= 0.6 is 24.0 Å². The van der Waals surface area contributed by atoms with E-state index in [4.69, 9.17) is 0 Å². The number of guanidine groups is 1. The van der Waals surface area contributed by atoms with Crippen molar-refractivity contribution in [2.24, 2.45) is 10.9 Å². The molecule has 0 radical (unpaired) electrons. The Labute approximate surface area is 196 Å². The van der Waals surface area contributed by atoms with Crippen LogP contribution in [0.1, 0.15) is 37.7 Å². The molecule has 166 valence electrons. The fourth-order valence-corrected chi connectivity index (χ4v) is 4.11. The van der Waals surface area contributed by atoms with E-state index in [2.05, 4.69) is 33.1 Å². The maximum atomic E-state index is 12.6. The maximum Gasteiger partial charge on any atom is 0.239 e. The third-order valence-corrected chi connectivity index (χ3v) is 5.76. The summed E-state index contributed by atoms with van der Waals surface area (Å²) >= 11 is 0. The first-order valence-electron chi connectivity index (χ1n) is 10.7. The fourth-order valence-electron chi connectivity index (χ4n) is 4.11. The highest BCUT2D eigenvalue weighted by molar-refractivity contribution is 14.0. The van der Waals surface area contributed by atoms with Crippen LogP contribution < -0.4 is 16.0 Å². The zero-order chi connectivity index (χ0) is 20.5. The Kier molecular flexibility index (Phi) is 10.4. The maximum absolute atomic E-state index is 12.6. The molecule has 2 aliphatic rings. The molecule has 1 saturated heterocycles. The van der Waals surface area contributed by atoms with Crippen LogP contribution in [0.3, 0.4) is 0 Å². The lowest BCUT2D eigenvalue weighted by atomic mass is 10.1. The third kappa shape index (κ3) is 7.45. The van der Waals surface area contributed by atoms with Crippen molar-refractivity contribution in [1.82, 2.24) is 20.9 Å². The Morgan fingerprint density at radius 3 is 2.53 bits per heavy atom. The molecule has 0 aromatic heterocycles. The average Bonchev–Trinajstić information content (AvgIpc) is 3.44. The molecule has 1 aliphatic heterocycles. The fraction of sp³-hybridized carbons (Fsp3) is 0.591. The van der Waals surface area contributed by atoms with Gasteiger partial charge >= 0.3 is 0 Å². The van der Waals surface area contributed by atoms with Gasteiger partial charge in [0.15, 0.2) is 5.96 Å². The number of hydrogen-bond acceptors (Lipinski definition) is 3. The smallest absolute Gasteiger partial charge is 0.239 e. The van der Waals surface area contributed by atoms with Crippen molar-refractivity contribution >= 4 is 41.8 Å². The van der Waals surface area contributed by atoms with Gasteiger partial charge in [-0.3, -0.25) is 14.6 Å². The van der Waals surface area contributed by atoms with E-state index in [0.29, 0.717) is 25.0 Å². The van der Waals surface area contributed by atoms with E-state index in [-0.39, 0.29) is 48.4 Å². The van der Waals surface area contributed by atoms with Gasteiger partial charge in [0.25, 0.3) is 0 Å². The number of likely N-dealkylation sites (tertiary alicyclic amines) is 1. The lowest BCUT2D eigenvalue weighted by Gasteiger charge is -2.21. The molecule has 2 fully saturated rings. The van der Waals surface area contributed by atoms with Gasteiger partial charge in [0.05, 0.1) is 6.54 Å². The Morgan fingerprint density at radius 2 is 1.83 bits per heavy atom. The van der Waals surface area contributed by atoms with Crippen LogP contribution in [-0.4, -0.2) is 61.9 Å². The van der Waals surface area contributed by atoms with Crippen molar-refractivity contribution in [1.29, 1.82) is 0 Å². The minimum atomic E-state index is -0.0617. The monoisotopic (exact) mass is 527 g/mol. The number of aliphatic imine (C=N–C) groups is 1. The Morgan fingerprint density at radius 1 is 1.10 bits per heavy atom. The average molecular weight is 527 g/mol. The number of hydrogen-bond donors (Lipinski definition) is 3. The standard InChI is InChI=1S/C22H33N5O2.HI/c1-23-22(25-15-20(28)24-13-11-17-7-3-2-4-8-17)26-19-12-14-27(16-19)21(29)18-9-5-6-10-18;/h2-4,7-8,18-19H,5-6,9-16H2,1H3,(H,24,28)(H2,23,25,26);1H. The molecule has 1 aliphatic carbocycles. The molecule has 2 amide bonds. The summed E-state index contributed by atoms with van der Waals surface area (Å²) in [4.78, 5) is 30.8. The SMILES string of the molecule is CN=C(NCC(=O)NCCc1ccccc1)NC1CCN(C(=O)C2CCCC2)C1.I. The normalized spacial score (nSPS) is 19.3. The number of halogens is 1. The zero-order valence-corrected chi connectivity index (χ0v) is 20.1. The molecule has 3 rings (SSSR count). The molecule has 0 bridgehead atoms. The van der Waals surface area contributed by atoms with Gasteiger partial charge in [0.2, 0.25) is 11.8 Å². The van der Waals surface area contributed by atoms with Gasteiger partial charge in [-0.15, -0.1) is 24.0 Å². The molecule has 1 aromatic carbocycles. The van der Waals surface area contributed by atoms with E-state index in [9.17, 15) is 9.59 Å². The molecule has 8 heteroatoms. The van der Waals surface area contributed by atoms with Crippen LogP contribution in [0.25, 0.3) is 0 Å². The highest BCUT2D eigenvalue weighted by Crippen LogP contribution is 2.27. The number of nitrogens with one attached hydrogen (secondary N) is 3. The second-order valence-electron chi connectivity index (χ2n) is 7.91. The van der Waals surface area contributed by atoms with Crippen LogP contribution in [-0.2, 0) is 16.0 Å². The van der Waals surface area contributed by atoms with Crippen molar-refractivity contribution < 1.29 is 9.59 Å². The van der Waals surface area contributed by atoms with Crippen LogP contribution in [0, 0.1) is 5.92 Å². The highest BCUT2D eigenvalue weighted by Gasteiger charge is 2.32. The predicted molar refractivity (Wildman–Crippen MR) is 130 cm³/mol. The second-order valence-corrected chi connectivity index (χ2v) is 7.91. The molecule has 30 heavy (non-hydrogen) atoms. The topological polar surface area (TPSA) is 85.8 Å². The van der Waals surface area contributed by atoms with Gasteiger partial charge in [-0.1, -0.05) is 43.2 Å². The van der Waals surface area contributed by atoms with Gasteiger partial charge in [0.1, 0.15) is 0 Å². The van der Waals surface area contributed by atoms with E-state index in [1.54, 1.807) is 7.05 Å². The van der Waals surface area contributed by atoms with Crippen molar-refractivity contribution in [3.8, 4) is 0 Å². The summed E-state index contributed by atoms with van der Waals surface area (Å²) in [6, 6.07) is 10.3. The second kappa shape index (κ2) is 12.8. The summed E-state index contributed by atoms with van der Waals surface area (Å²) in [5.41, 5.74) is 1.20. The first-order valence-corrected chi connectivity index (χ1v) is 10.7. The van der Waals surface area contributed by atoms with E-state index in [0.717, 1.165) is 32.2 Å². The molecule has 0 spiro atoms. The molecular weight excluding hydrogens is 493 g/mol. The summed E-state index contributed by atoms with van der Waals surface area (Å²) in [5.74, 6) is 1.08. The zero-order valence-electron chi connectivity index (χ0n) is 17.7. The Hall–Kier alpha value is -1.84. The molecule has 1 unspecified atom stereocenters. The van der Waals surface area contributed by atoms with Crippen molar-refractivity contribution in [3.05, 3.63) is 35.9 Å². The number of benzene rings is 1. The molecule has 1 aromatic rings. The van der Waals surface area contributed by atoms with Crippen molar-refractivity contribution in [3.63, 3.8) is 0 Å². The minimum absolute atomic E-state index is 0. The Bertz CT molecular complexity index is 707. The Balaban J connectivity index is 0.00000320. The quantitative estimate of drug-likeness (QED) is 0.288. The number of carbonyl (C=O) groups is 2. The predicted octanol–water partition coefficient (Wildman–Crippen LogP) is 1.92.